The summed E-state index contributed by atoms with van der Waals surface area (Å²) in [4.78, 5) is 27.1. The largest absolute Gasteiger partial charge is 0.332 e. The van der Waals surface area contributed by atoms with Crippen LogP contribution >= 0.6 is 0 Å². The van der Waals surface area contributed by atoms with E-state index in [2.05, 4.69) is 10.0 Å². The van der Waals surface area contributed by atoms with E-state index < -0.39 is 15.9 Å². The van der Waals surface area contributed by atoms with Gasteiger partial charge in [-0.25, -0.2) is 13.1 Å². The molecule has 3 rings (SSSR count). The molecule has 8 heteroatoms. The molecule has 0 atom stereocenters. The van der Waals surface area contributed by atoms with Crippen molar-refractivity contribution in [2.45, 2.75) is 39.1 Å². The van der Waals surface area contributed by atoms with E-state index in [1.54, 1.807) is 13.0 Å². The molecule has 184 valence electrons. The highest BCUT2D eigenvalue weighted by Crippen LogP contribution is 2.22. The van der Waals surface area contributed by atoms with Crippen molar-refractivity contribution in [3.05, 3.63) is 94.0 Å². The first-order valence-corrected chi connectivity index (χ1v) is 12.7. The van der Waals surface area contributed by atoms with Gasteiger partial charge in [0.05, 0.1) is 11.4 Å². The van der Waals surface area contributed by atoms with E-state index in [0.717, 1.165) is 27.9 Å². The minimum atomic E-state index is -3.83. The van der Waals surface area contributed by atoms with E-state index in [0.29, 0.717) is 5.56 Å². The lowest BCUT2D eigenvalue weighted by atomic mass is 10.1. The first kappa shape index (κ1) is 26.1. The summed E-state index contributed by atoms with van der Waals surface area (Å²) >= 11 is 0. The molecule has 3 aromatic carbocycles. The van der Waals surface area contributed by atoms with Crippen LogP contribution in [0, 0.1) is 27.7 Å². The van der Waals surface area contributed by atoms with Gasteiger partial charge in [0.25, 0.3) is 5.91 Å². The van der Waals surface area contributed by atoms with Gasteiger partial charge in [-0.15, -0.1) is 0 Å². The number of hydrogen-bond donors (Lipinski definition) is 2. The highest BCUT2D eigenvalue weighted by Gasteiger charge is 2.21. The topological polar surface area (TPSA) is 95.6 Å². The molecule has 0 radical (unpaired) electrons. The Morgan fingerprint density at radius 1 is 0.857 bits per heavy atom. The van der Waals surface area contributed by atoms with Gasteiger partial charge in [-0.3, -0.25) is 9.59 Å². The summed E-state index contributed by atoms with van der Waals surface area (Å²) in [6, 6.07) is 17.6. The van der Waals surface area contributed by atoms with Crippen LogP contribution in [0.1, 0.15) is 38.2 Å². The van der Waals surface area contributed by atoms with Gasteiger partial charge in [-0.05, 0) is 62.1 Å². The molecular weight excluding hydrogens is 462 g/mol. The number of carbonyl (C=O) groups excluding carboxylic acids is 2. The van der Waals surface area contributed by atoms with Crippen molar-refractivity contribution >= 4 is 27.5 Å². The van der Waals surface area contributed by atoms with Crippen LogP contribution in [0.2, 0.25) is 0 Å². The van der Waals surface area contributed by atoms with Crippen LogP contribution in [0.5, 0.6) is 0 Å². The number of hydrogen-bond acceptors (Lipinski definition) is 4. The van der Waals surface area contributed by atoms with Crippen molar-refractivity contribution < 1.29 is 18.0 Å². The van der Waals surface area contributed by atoms with Gasteiger partial charge in [-0.2, -0.15) is 0 Å². The van der Waals surface area contributed by atoms with E-state index in [1.807, 2.05) is 63.2 Å². The summed E-state index contributed by atoms with van der Waals surface area (Å²) in [6.07, 6.45) is 0. The van der Waals surface area contributed by atoms with E-state index in [9.17, 15) is 18.0 Å². The molecular formula is C27H31N3O4S. The second kappa shape index (κ2) is 10.8. The average molecular weight is 494 g/mol. The van der Waals surface area contributed by atoms with Gasteiger partial charge in [0.2, 0.25) is 15.9 Å². The fraction of sp³-hybridized carbons (Fsp3) is 0.259. The second-order valence-corrected chi connectivity index (χ2v) is 10.5. The predicted molar refractivity (Wildman–Crippen MR) is 138 cm³/mol. The van der Waals surface area contributed by atoms with E-state index in [-0.39, 0.29) is 29.5 Å². The number of anilines is 1. The van der Waals surface area contributed by atoms with E-state index in [1.165, 1.54) is 24.1 Å². The summed E-state index contributed by atoms with van der Waals surface area (Å²) in [5, 5.41) is 2.89. The number of nitrogens with one attached hydrogen (secondary N) is 2. The molecule has 0 heterocycles. The lowest BCUT2D eigenvalue weighted by molar-refractivity contribution is -0.116. The quantitative estimate of drug-likeness (QED) is 0.494. The summed E-state index contributed by atoms with van der Waals surface area (Å²) in [5.41, 5.74) is 5.40. The molecule has 2 amide bonds. The molecule has 0 saturated heterocycles. The molecule has 3 aromatic rings. The molecule has 0 aliphatic heterocycles. The SMILES string of the molecule is Cc1cc(C)c(NC(=O)CN(C)C(=O)c2cc(S(=O)(=O)NCc3ccccc3)ccc2C)c(C)c1. The molecule has 0 unspecified atom stereocenters. The number of likely N-dealkylation sites (N-methyl/N-ethyl adjacent to an activating group) is 1. The Labute approximate surface area is 207 Å². The number of nitrogens with zero attached hydrogens (tertiary/aromatic N) is 1. The summed E-state index contributed by atoms with van der Waals surface area (Å²) in [5.74, 6) is -0.767. The van der Waals surface area contributed by atoms with Crippen LogP contribution in [-0.4, -0.2) is 38.7 Å². The number of amides is 2. The smallest absolute Gasteiger partial charge is 0.254 e. The lowest BCUT2D eigenvalue weighted by Gasteiger charge is -2.20. The van der Waals surface area contributed by atoms with Crippen LogP contribution in [0.3, 0.4) is 0 Å². The Hall–Kier alpha value is -3.49. The van der Waals surface area contributed by atoms with Gasteiger partial charge < -0.3 is 10.2 Å². The zero-order valence-corrected chi connectivity index (χ0v) is 21.5. The molecule has 0 fully saturated rings. The first-order valence-electron chi connectivity index (χ1n) is 11.3. The van der Waals surface area contributed by atoms with Crippen molar-refractivity contribution in [1.82, 2.24) is 9.62 Å². The van der Waals surface area contributed by atoms with Gasteiger partial charge in [0, 0.05) is 24.8 Å². The van der Waals surface area contributed by atoms with Gasteiger partial charge in [0.1, 0.15) is 0 Å². The standard InChI is InChI=1S/C27H31N3O4S/c1-18-13-20(3)26(21(4)14-18)29-25(31)17-30(5)27(32)24-15-23(12-11-19(24)2)35(33,34)28-16-22-9-7-6-8-10-22/h6-15,28H,16-17H2,1-5H3,(H,29,31). The number of rotatable bonds is 8. The molecule has 0 aliphatic rings. The zero-order chi connectivity index (χ0) is 25.8. The third-order valence-corrected chi connectivity index (χ3v) is 7.13. The Kier molecular flexibility index (Phi) is 8.09. The number of carbonyl (C=O) groups is 2. The van der Waals surface area contributed by atoms with Crippen LogP contribution < -0.4 is 10.0 Å². The van der Waals surface area contributed by atoms with Crippen LogP contribution in [-0.2, 0) is 21.4 Å². The summed E-state index contributed by atoms with van der Waals surface area (Å²) < 4.78 is 28.2. The molecule has 0 aliphatic carbocycles. The number of aryl methyl sites for hydroxylation is 4. The maximum Gasteiger partial charge on any atom is 0.254 e. The Balaban J connectivity index is 1.72. The molecule has 0 bridgehead atoms. The molecule has 0 saturated carbocycles. The van der Waals surface area contributed by atoms with Gasteiger partial charge >= 0.3 is 0 Å². The molecule has 35 heavy (non-hydrogen) atoms. The van der Waals surface area contributed by atoms with Crippen LogP contribution in [0.4, 0.5) is 5.69 Å². The second-order valence-electron chi connectivity index (χ2n) is 8.77. The van der Waals surface area contributed by atoms with Crippen LogP contribution in [0.25, 0.3) is 0 Å². The lowest BCUT2D eigenvalue weighted by Crippen LogP contribution is -2.35. The van der Waals surface area contributed by atoms with Crippen molar-refractivity contribution in [2.75, 3.05) is 18.9 Å². The Morgan fingerprint density at radius 2 is 1.49 bits per heavy atom. The van der Waals surface area contributed by atoms with Crippen molar-refractivity contribution in [1.29, 1.82) is 0 Å². The highest BCUT2D eigenvalue weighted by atomic mass is 32.2. The first-order chi connectivity index (χ1) is 16.5. The Bertz CT molecular complexity index is 1330. The maximum absolute atomic E-state index is 13.1. The maximum atomic E-state index is 13.1. The molecule has 0 aromatic heterocycles. The fourth-order valence-corrected chi connectivity index (χ4v) is 4.95. The average Bonchev–Trinajstić information content (AvgIpc) is 2.80. The number of benzene rings is 3. The van der Waals surface area contributed by atoms with Crippen LogP contribution in [0.15, 0.2) is 65.6 Å². The minimum absolute atomic E-state index is 0.00821. The number of sulfonamides is 1. The van der Waals surface area contributed by atoms with Crippen molar-refractivity contribution in [2.24, 2.45) is 0 Å². The van der Waals surface area contributed by atoms with Gasteiger partial charge in [-0.1, -0.05) is 54.1 Å². The molecule has 0 spiro atoms. The van der Waals surface area contributed by atoms with Gasteiger partial charge in [0.15, 0.2) is 0 Å². The van der Waals surface area contributed by atoms with E-state index in [4.69, 9.17) is 0 Å². The monoisotopic (exact) mass is 493 g/mol. The minimum Gasteiger partial charge on any atom is -0.332 e. The fourth-order valence-electron chi connectivity index (χ4n) is 3.91. The third kappa shape index (κ3) is 6.55. The highest BCUT2D eigenvalue weighted by molar-refractivity contribution is 7.89. The molecule has 2 N–H and O–H groups in total. The Morgan fingerprint density at radius 3 is 2.11 bits per heavy atom. The summed E-state index contributed by atoms with van der Waals surface area (Å²) in [6.45, 7) is 7.53. The normalized spacial score (nSPS) is 11.2. The predicted octanol–water partition coefficient (Wildman–Crippen LogP) is 4.11. The van der Waals surface area contributed by atoms with E-state index >= 15 is 0 Å². The molecule has 7 nitrogen and oxygen atoms in total. The van der Waals surface area contributed by atoms with Crippen molar-refractivity contribution in [3.8, 4) is 0 Å². The summed E-state index contributed by atoms with van der Waals surface area (Å²) in [7, 11) is -2.31. The zero-order valence-electron chi connectivity index (χ0n) is 20.7. The van der Waals surface area contributed by atoms with Crippen molar-refractivity contribution in [3.63, 3.8) is 0 Å². The third-order valence-electron chi connectivity index (χ3n) is 5.73.